The lowest BCUT2D eigenvalue weighted by Crippen LogP contribution is -2.50. The van der Waals surface area contributed by atoms with Crippen molar-refractivity contribution in [3.8, 4) is 0 Å². The van der Waals surface area contributed by atoms with Crippen molar-refractivity contribution in [1.29, 1.82) is 0 Å². The number of hydrogen-bond acceptors (Lipinski definition) is 4. The van der Waals surface area contributed by atoms with Gasteiger partial charge in [0.15, 0.2) is 0 Å². The van der Waals surface area contributed by atoms with E-state index in [-0.39, 0.29) is 23.8 Å². The molecule has 1 amide bonds. The monoisotopic (exact) mass is 351 g/mol. The molecule has 0 aromatic heterocycles. The van der Waals surface area contributed by atoms with Crippen molar-refractivity contribution in [2.24, 2.45) is 11.8 Å². The Kier molecular flexibility index (Phi) is 7.88. The Bertz CT molecular complexity index is 436. The maximum atomic E-state index is 12.1. The minimum Gasteiger partial charge on any atom is -0.354 e. The van der Waals surface area contributed by atoms with E-state index in [1.165, 1.54) is 0 Å². The van der Waals surface area contributed by atoms with E-state index in [9.17, 15) is 9.59 Å². The van der Waals surface area contributed by atoms with Crippen LogP contribution in [-0.2, 0) is 9.59 Å². The van der Waals surface area contributed by atoms with E-state index in [0.29, 0.717) is 18.4 Å². The molecule has 1 atom stereocenters. The number of amides is 1. The van der Waals surface area contributed by atoms with Gasteiger partial charge in [-0.2, -0.15) is 0 Å². The van der Waals surface area contributed by atoms with Crippen molar-refractivity contribution >= 4 is 11.7 Å². The van der Waals surface area contributed by atoms with Crippen molar-refractivity contribution in [2.45, 2.75) is 71.9 Å². The summed E-state index contributed by atoms with van der Waals surface area (Å²) in [5.74, 6) is 0.992. The molecule has 2 heterocycles. The second-order valence-corrected chi connectivity index (χ2v) is 8.26. The van der Waals surface area contributed by atoms with Gasteiger partial charge < -0.3 is 10.2 Å². The van der Waals surface area contributed by atoms with Gasteiger partial charge in [0, 0.05) is 37.0 Å². The molecule has 25 heavy (non-hydrogen) atoms. The number of likely N-dealkylation sites (tertiary alicyclic amines) is 2. The van der Waals surface area contributed by atoms with Crippen molar-refractivity contribution in [3.05, 3.63) is 0 Å². The quantitative estimate of drug-likeness (QED) is 0.765. The average molecular weight is 352 g/mol. The summed E-state index contributed by atoms with van der Waals surface area (Å²) in [4.78, 5) is 29.2. The molecule has 2 rings (SSSR count). The van der Waals surface area contributed by atoms with Crippen LogP contribution in [0.4, 0.5) is 0 Å². The average Bonchev–Trinajstić information content (AvgIpc) is 2.61. The van der Waals surface area contributed by atoms with Crippen LogP contribution in [0.1, 0.15) is 59.8 Å². The zero-order chi connectivity index (χ0) is 18.4. The fourth-order valence-electron chi connectivity index (χ4n) is 3.98. The lowest BCUT2D eigenvalue weighted by Gasteiger charge is -2.41. The minimum atomic E-state index is 0.187. The maximum absolute atomic E-state index is 12.1. The van der Waals surface area contributed by atoms with Crippen molar-refractivity contribution in [2.75, 3.05) is 32.7 Å². The van der Waals surface area contributed by atoms with Crippen molar-refractivity contribution < 1.29 is 9.59 Å². The number of piperidine rings is 2. The first kappa shape index (κ1) is 20.4. The molecule has 0 aromatic rings. The van der Waals surface area contributed by atoms with Crippen molar-refractivity contribution in [3.63, 3.8) is 0 Å². The molecule has 0 spiro atoms. The number of nitrogens with zero attached hydrogens (tertiary/aromatic N) is 2. The van der Waals surface area contributed by atoms with Gasteiger partial charge in [0.1, 0.15) is 5.78 Å². The van der Waals surface area contributed by atoms with Crippen LogP contribution in [0.25, 0.3) is 0 Å². The number of nitrogens with one attached hydrogen (secondary N) is 1. The molecule has 0 radical (unpaired) electrons. The molecule has 0 saturated carbocycles. The van der Waals surface area contributed by atoms with Gasteiger partial charge in [0.2, 0.25) is 5.91 Å². The number of hydrogen-bond donors (Lipinski definition) is 1. The molecule has 2 aliphatic heterocycles. The number of carbonyl (C=O) groups is 2. The van der Waals surface area contributed by atoms with E-state index < -0.39 is 0 Å². The molecule has 144 valence electrons. The molecule has 5 nitrogen and oxygen atoms in total. The highest BCUT2D eigenvalue weighted by atomic mass is 16.2. The Morgan fingerprint density at radius 2 is 1.60 bits per heavy atom. The second-order valence-electron chi connectivity index (χ2n) is 8.26. The number of ketones is 1. The molecule has 2 saturated heterocycles. The topological polar surface area (TPSA) is 52.7 Å². The molecule has 0 bridgehead atoms. The van der Waals surface area contributed by atoms with E-state index in [4.69, 9.17) is 0 Å². The van der Waals surface area contributed by atoms with Gasteiger partial charge in [0.05, 0.1) is 6.54 Å². The Balaban J connectivity index is 1.70. The summed E-state index contributed by atoms with van der Waals surface area (Å²) in [5.41, 5.74) is 0. The van der Waals surface area contributed by atoms with Crippen LogP contribution in [0.2, 0.25) is 0 Å². The lowest BCUT2D eigenvalue weighted by atomic mass is 9.92. The van der Waals surface area contributed by atoms with Crippen LogP contribution >= 0.6 is 0 Å². The van der Waals surface area contributed by atoms with Gasteiger partial charge in [-0.25, -0.2) is 0 Å². The Hall–Kier alpha value is -0.940. The van der Waals surface area contributed by atoms with Gasteiger partial charge in [-0.15, -0.1) is 0 Å². The third-order valence-corrected chi connectivity index (χ3v) is 5.95. The Labute approximate surface area is 153 Å². The van der Waals surface area contributed by atoms with Gasteiger partial charge in [0.25, 0.3) is 0 Å². The van der Waals surface area contributed by atoms with E-state index in [1.54, 1.807) is 0 Å². The molecule has 1 unspecified atom stereocenters. The molecular weight excluding hydrogens is 314 g/mol. The number of Topliss-reactive ketones (excluding diaryl/α,β-unsaturated/α-hetero) is 1. The summed E-state index contributed by atoms with van der Waals surface area (Å²) in [6.07, 6.45) is 5.19. The van der Waals surface area contributed by atoms with Crippen LogP contribution < -0.4 is 5.32 Å². The van der Waals surface area contributed by atoms with Gasteiger partial charge >= 0.3 is 0 Å². The van der Waals surface area contributed by atoms with E-state index >= 15 is 0 Å². The summed E-state index contributed by atoms with van der Waals surface area (Å²) < 4.78 is 0. The highest BCUT2D eigenvalue weighted by Gasteiger charge is 2.31. The van der Waals surface area contributed by atoms with Crippen LogP contribution in [0.15, 0.2) is 0 Å². The minimum absolute atomic E-state index is 0.187. The standard InChI is InChI=1S/C20H37N3O2/c1-5-16(4)19(24)14-22-10-8-18(9-11-22)23-12-6-17(7-13-23)20(25)21-15(2)3/h15-18H,5-14H2,1-4H3,(H,21,25). The highest BCUT2D eigenvalue weighted by Crippen LogP contribution is 2.24. The first-order valence-electron chi connectivity index (χ1n) is 10.2. The van der Waals surface area contributed by atoms with Crippen LogP contribution in [-0.4, -0.2) is 66.3 Å². The van der Waals surface area contributed by atoms with E-state index in [0.717, 1.165) is 58.3 Å². The smallest absolute Gasteiger partial charge is 0.223 e. The number of rotatable bonds is 7. The highest BCUT2D eigenvalue weighted by molar-refractivity contribution is 5.82. The van der Waals surface area contributed by atoms with Gasteiger partial charge in [-0.1, -0.05) is 13.8 Å². The molecule has 0 aromatic carbocycles. The largest absolute Gasteiger partial charge is 0.354 e. The van der Waals surface area contributed by atoms with Crippen molar-refractivity contribution in [1.82, 2.24) is 15.1 Å². The van der Waals surface area contributed by atoms with Crippen LogP contribution in [0.5, 0.6) is 0 Å². The summed E-state index contributed by atoms with van der Waals surface area (Å²) in [6, 6.07) is 0.858. The summed E-state index contributed by atoms with van der Waals surface area (Å²) in [7, 11) is 0. The summed E-state index contributed by atoms with van der Waals surface area (Å²) in [6.45, 7) is 12.9. The van der Waals surface area contributed by atoms with Crippen LogP contribution in [0, 0.1) is 11.8 Å². The zero-order valence-electron chi connectivity index (χ0n) is 16.6. The molecule has 2 aliphatic rings. The molecule has 0 aliphatic carbocycles. The summed E-state index contributed by atoms with van der Waals surface area (Å²) >= 11 is 0. The van der Waals surface area contributed by atoms with Gasteiger partial charge in [-0.05, 0) is 59.0 Å². The van der Waals surface area contributed by atoms with E-state index in [1.807, 2.05) is 20.8 Å². The fraction of sp³-hybridized carbons (Fsp3) is 0.900. The Morgan fingerprint density at radius 3 is 2.12 bits per heavy atom. The Morgan fingerprint density at radius 1 is 1.00 bits per heavy atom. The van der Waals surface area contributed by atoms with Crippen LogP contribution in [0.3, 0.4) is 0 Å². The molecule has 5 heteroatoms. The predicted molar refractivity (Wildman–Crippen MR) is 101 cm³/mol. The zero-order valence-corrected chi connectivity index (χ0v) is 16.6. The second kappa shape index (κ2) is 9.67. The SMILES string of the molecule is CCC(C)C(=O)CN1CCC(N2CCC(C(=O)NC(C)C)CC2)CC1. The maximum Gasteiger partial charge on any atom is 0.223 e. The third kappa shape index (κ3) is 6.07. The van der Waals surface area contributed by atoms with E-state index in [2.05, 4.69) is 22.0 Å². The molecule has 2 fully saturated rings. The predicted octanol–water partition coefficient (Wildman–Crippen LogP) is 2.30. The number of carbonyl (C=O) groups excluding carboxylic acids is 2. The normalized spacial score (nSPS) is 22.9. The fourth-order valence-corrected chi connectivity index (χ4v) is 3.98. The lowest BCUT2D eigenvalue weighted by molar-refractivity contribution is -0.127. The third-order valence-electron chi connectivity index (χ3n) is 5.95. The van der Waals surface area contributed by atoms with Gasteiger partial charge in [-0.3, -0.25) is 14.5 Å². The molecular formula is C20H37N3O2. The first-order valence-corrected chi connectivity index (χ1v) is 10.2. The summed E-state index contributed by atoms with van der Waals surface area (Å²) in [5, 5.41) is 3.05. The molecule has 1 N–H and O–H groups in total. The first-order chi connectivity index (χ1) is 11.9.